The molecule has 0 aliphatic carbocycles. The number of benzene rings is 3. The van der Waals surface area contributed by atoms with E-state index in [9.17, 15) is 9.59 Å². The first kappa shape index (κ1) is 21.1. The highest BCUT2D eigenvalue weighted by atomic mass is 16.5. The predicted molar refractivity (Wildman–Crippen MR) is 123 cm³/mol. The fourth-order valence-electron chi connectivity index (χ4n) is 3.37. The average molecular weight is 426 g/mol. The first-order chi connectivity index (χ1) is 15.5. The highest BCUT2D eigenvalue weighted by Gasteiger charge is 2.27. The van der Waals surface area contributed by atoms with Gasteiger partial charge in [-0.3, -0.25) is 4.79 Å². The molecule has 160 valence electrons. The van der Waals surface area contributed by atoms with Crippen molar-refractivity contribution in [3.63, 3.8) is 0 Å². The number of carbonyl (C=O) groups is 2. The summed E-state index contributed by atoms with van der Waals surface area (Å²) in [5.74, 6) is -0.663. The number of nitrogens with zero attached hydrogens (tertiary/aromatic N) is 1. The summed E-state index contributed by atoms with van der Waals surface area (Å²) in [5, 5.41) is 3.74. The Balaban J connectivity index is 1.63. The largest absolute Gasteiger partial charge is 0.495 e. The van der Waals surface area contributed by atoms with Gasteiger partial charge in [0.05, 0.1) is 18.3 Å². The number of hydrogen-bond donors (Lipinski definition) is 1. The molecular weight excluding hydrogens is 404 g/mol. The van der Waals surface area contributed by atoms with Crippen LogP contribution in [0.25, 0.3) is 10.9 Å². The lowest BCUT2D eigenvalue weighted by atomic mass is 10.1. The Morgan fingerprint density at radius 2 is 1.66 bits per heavy atom. The number of amides is 1. The zero-order valence-electron chi connectivity index (χ0n) is 17.7. The second kappa shape index (κ2) is 9.31. The monoisotopic (exact) mass is 426 g/mol. The average Bonchev–Trinajstić information content (AvgIpc) is 2.82. The summed E-state index contributed by atoms with van der Waals surface area (Å²) in [7, 11) is 1.53. The van der Waals surface area contributed by atoms with E-state index in [0.717, 1.165) is 10.9 Å². The molecule has 4 rings (SSSR count). The summed E-state index contributed by atoms with van der Waals surface area (Å²) in [4.78, 5) is 30.5. The number of aromatic nitrogens is 1. The normalized spacial score (nSPS) is 11.6. The molecule has 0 bridgehead atoms. The van der Waals surface area contributed by atoms with Crippen LogP contribution in [0.1, 0.15) is 27.7 Å². The molecule has 0 aliphatic rings. The maximum Gasteiger partial charge on any atom is 0.358 e. The second-order valence-corrected chi connectivity index (χ2v) is 7.28. The van der Waals surface area contributed by atoms with Crippen molar-refractivity contribution in [1.82, 2.24) is 4.98 Å². The molecule has 4 aromatic rings. The molecule has 1 N–H and O–H groups in total. The Hall–Kier alpha value is -4.19. The van der Waals surface area contributed by atoms with Gasteiger partial charge in [-0.15, -0.1) is 0 Å². The number of carbonyl (C=O) groups excluding carboxylic acids is 2. The highest BCUT2D eigenvalue weighted by Crippen LogP contribution is 2.28. The first-order valence-electron chi connectivity index (χ1n) is 10.1. The molecule has 1 atom stereocenters. The van der Waals surface area contributed by atoms with Crippen LogP contribution >= 0.6 is 0 Å². The van der Waals surface area contributed by atoms with E-state index in [4.69, 9.17) is 9.47 Å². The third-order valence-electron chi connectivity index (χ3n) is 4.99. The number of rotatable bonds is 6. The van der Waals surface area contributed by atoms with Gasteiger partial charge in [-0.05, 0) is 36.8 Å². The van der Waals surface area contributed by atoms with E-state index in [-0.39, 0.29) is 5.69 Å². The van der Waals surface area contributed by atoms with Crippen molar-refractivity contribution in [2.75, 3.05) is 12.4 Å². The van der Waals surface area contributed by atoms with Crippen molar-refractivity contribution in [3.05, 3.63) is 102 Å². The Labute approximate surface area is 185 Å². The van der Waals surface area contributed by atoms with Gasteiger partial charge in [-0.2, -0.15) is 0 Å². The Kier molecular flexibility index (Phi) is 6.12. The molecule has 0 saturated carbocycles. The van der Waals surface area contributed by atoms with Crippen LogP contribution in [0, 0.1) is 6.92 Å². The van der Waals surface area contributed by atoms with Crippen LogP contribution in [0.4, 0.5) is 5.69 Å². The number of ether oxygens (including phenoxy) is 2. The smallest absolute Gasteiger partial charge is 0.358 e. The van der Waals surface area contributed by atoms with Gasteiger partial charge in [-0.25, -0.2) is 9.78 Å². The molecule has 1 amide bonds. The SMILES string of the molecule is COc1ccc(C)cc1NC(=O)[C@H](OC(=O)c1ccc2ccccc2n1)c1ccccc1. The van der Waals surface area contributed by atoms with Gasteiger partial charge in [0.1, 0.15) is 11.4 Å². The van der Waals surface area contributed by atoms with Gasteiger partial charge in [0, 0.05) is 10.9 Å². The van der Waals surface area contributed by atoms with Crippen molar-refractivity contribution in [2.24, 2.45) is 0 Å². The maximum atomic E-state index is 13.2. The molecule has 0 saturated heterocycles. The number of fused-ring (bicyclic) bond motifs is 1. The zero-order chi connectivity index (χ0) is 22.5. The van der Waals surface area contributed by atoms with Crippen LogP contribution in [0.5, 0.6) is 5.75 Å². The Morgan fingerprint density at radius 3 is 2.44 bits per heavy atom. The van der Waals surface area contributed by atoms with Crippen LogP contribution in [0.2, 0.25) is 0 Å². The number of esters is 1. The predicted octanol–water partition coefficient (Wildman–Crippen LogP) is 5.09. The van der Waals surface area contributed by atoms with E-state index in [2.05, 4.69) is 10.3 Å². The van der Waals surface area contributed by atoms with Gasteiger partial charge in [0.2, 0.25) is 6.10 Å². The van der Waals surface area contributed by atoms with E-state index in [0.29, 0.717) is 22.5 Å². The van der Waals surface area contributed by atoms with E-state index >= 15 is 0 Å². The van der Waals surface area contributed by atoms with Crippen LogP contribution in [-0.2, 0) is 9.53 Å². The number of aryl methyl sites for hydroxylation is 1. The van der Waals surface area contributed by atoms with Crippen molar-refractivity contribution < 1.29 is 19.1 Å². The van der Waals surface area contributed by atoms with Crippen molar-refractivity contribution >= 4 is 28.5 Å². The summed E-state index contributed by atoms with van der Waals surface area (Å²) in [6.45, 7) is 1.91. The minimum absolute atomic E-state index is 0.130. The fraction of sp³-hybridized carbons (Fsp3) is 0.115. The van der Waals surface area contributed by atoms with E-state index in [1.54, 1.807) is 48.5 Å². The van der Waals surface area contributed by atoms with E-state index < -0.39 is 18.0 Å². The molecular formula is C26H22N2O4. The first-order valence-corrected chi connectivity index (χ1v) is 10.1. The molecule has 32 heavy (non-hydrogen) atoms. The van der Waals surface area contributed by atoms with Gasteiger partial charge in [0.25, 0.3) is 5.91 Å². The molecule has 1 aromatic heterocycles. The molecule has 1 heterocycles. The third kappa shape index (κ3) is 4.59. The van der Waals surface area contributed by atoms with Crippen LogP contribution in [0.3, 0.4) is 0 Å². The molecule has 0 fully saturated rings. The maximum absolute atomic E-state index is 13.2. The Morgan fingerprint density at radius 1 is 0.906 bits per heavy atom. The minimum atomic E-state index is -1.16. The van der Waals surface area contributed by atoms with E-state index in [1.807, 2.05) is 43.3 Å². The lowest BCUT2D eigenvalue weighted by molar-refractivity contribution is -0.125. The summed E-state index contributed by atoms with van der Waals surface area (Å²) < 4.78 is 11.0. The molecule has 0 spiro atoms. The fourth-order valence-corrected chi connectivity index (χ4v) is 3.37. The van der Waals surface area contributed by atoms with Crippen molar-refractivity contribution in [1.29, 1.82) is 0 Å². The van der Waals surface area contributed by atoms with Gasteiger partial charge >= 0.3 is 5.97 Å². The zero-order valence-corrected chi connectivity index (χ0v) is 17.7. The van der Waals surface area contributed by atoms with Crippen LogP contribution in [0.15, 0.2) is 84.9 Å². The number of nitrogens with one attached hydrogen (secondary N) is 1. The lowest BCUT2D eigenvalue weighted by Gasteiger charge is -2.19. The van der Waals surface area contributed by atoms with E-state index in [1.165, 1.54) is 7.11 Å². The van der Waals surface area contributed by atoms with Crippen molar-refractivity contribution in [2.45, 2.75) is 13.0 Å². The second-order valence-electron chi connectivity index (χ2n) is 7.28. The minimum Gasteiger partial charge on any atom is -0.495 e. The van der Waals surface area contributed by atoms with Gasteiger partial charge in [-0.1, -0.05) is 60.7 Å². The number of anilines is 1. The Bertz CT molecular complexity index is 1270. The van der Waals surface area contributed by atoms with Crippen LogP contribution < -0.4 is 10.1 Å². The topological polar surface area (TPSA) is 77.5 Å². The molecule has 0 unspecified atom stereocenters. The number of methoxy groups -OCH3 is 1. The molecule has 0 aliphatic heterocycles. The number of pyridine rings is 1. The van der Waals surface area contributed by atoms with Gasteiger partial charge in [0.15, 0.2) is 0 Å². The summed E-state index contributed by atoms with van der Waals surface area (Å²) in [6, 6.07) is 25.2. The van der Waals surface area contributed by atoms with Crippen molar-refractivity contribution in [3.8, 4) is 5.75 Å². The van der Waals surface area contributed by atoms with Gasteiger partial charge < -0.3 is 14.8 Å². The lowest BCUT2D eigenvalue weighted by Crippen LogP contribution is -2.26. The number of hydrogen-bond acceptors (Lipinski definition) is 5. The highest BCUT2D eigenvalue weighted by molar-refractivity contribution is 5.99. The summed E-state index contributed by atoms with van der Waals surface area (Å²) in [6.07, 6.45) is -1.16. The van der Waals surface area contributed by atoms with Crippen LogP contribution in [-0.4, -0.2) is 24.0 Å². The summed E-state index contributed by atoms with van der Waals surface area (Å²) in [5.41, 5.74) is 2.80. The third-order valence-corrected chi connectivity index (χ3v) is 4.99. The standard InChI is InChI=1S/C26H22N2O4/c1-17-12-15-23(31-2)22(16-17)28-25(29)24(19-9-4-3-5-10-19)32-26(30)21-14-13-18-8-6-7-11-20(18)27-21/h3-16,24H,1-2H3,(H,28,29)/t24-/m1/s1. The molecule has 3 aromatic carbocycles. The summed E-state index contributed by atoms with van der Waals surface area (Å²) >= 11 is 0. The quantitative estimate of drug-likeness (QED) is 0.435. The number of para-hydroxylation sites is 1. The molecule has 6 nitrogen and oxygen atoms in total. The molecule has 6 heteroatoms. The molecule has 0 radical (unpaired) electrons.